The smallest absolute Gasteiger partial charge is 0.270 e. The minimum absolute atomic E-state index is 0.0752. The second-order valence-corrected chi connectivity index (χ2v) is 8.57. The molecular formula is C19H23N3O3S. The number of anilines is 1. The second-order valence-electron chi connectivity index (χ2n) is 7.48. The van der Waals surface area contributed by atoms with Gasteiger partial charge in [0.1, 0.15) is 5.82 Å². The van der Waals surface area contributed by atoms with E-state index in [1.165, 1.54) is 11.8 Å². The molecule has 2 aliphatic rings. The highest BCUT2D eigenvalue weighted by molar-refractivity contribution is 8.00. The highest BCUT2D eigenvalue weighted by Crippen LogP contribution is 2.42. The van der Waals surface area contributed by atoms with Crippen molar-refractivity contribution in [1.29, 1.82) is 0 Å². The van der Waals surface area contributed by atoms with Crippen molar-refractivity contribution in [2.75, 3.05) is 17.7 Å². The third-order valence-electron chi connectivity index (χ3n) is 5.00. The van der Waals surface area contributed by atoms with Crippen LogP contribution in [0.2, 0.25) is 0 Å². The number of ether oxygens (including phenoxy) is 1. The van der Waals surface area contributed by atoms with Crippen LogP contribution in [0.25, 0.3) is 0 Å². The molecule has 1 fully saturated rings. The summed E-state index contributed by atoms with van der Waals surface area (Å²) in [5.74, 6) is 0.864. The fourth-order valence-corrected chi connectivity index (χ4v) is 4.95. The second kappa shape index (κ2) is 6.63. The number of carbonyl (C=O) groups excluding carboxylic acids is 1. The summed E-state index contributed by atoms with van der Waals surface area (Å²) in [7, 11) is 0. The number of hydrogen-bond donors (Lipinski definition) is 2. The fourth-order valence-electron chi connectivity index (χ4n) is 3.83. The largest absolute Gasteiger partial charge is 0.375 e. The predicted octanol–water partition coefficient (Wildman–Crippen LogP) is 3.08. The van der Waals surface area contributed by atoms with Gasteiger partial charge in [0.25, 0.3) is 5.56 Å². The molecule has 26 heavy (non-hydrogen) atoms. The number of aromatic nitrogens is 2. The van der Waals surface area contributed by atoms with E-state index in [4.69, 9.17) is 4.74 Å². The van der Waals surface area contributed by atoms with Gasteiger partial charge in [-0.15, -0.1) is 11.8 Å². The van der Waals surface area contributed by atoms with Crippen LogP contribution in [0.15, 0.2) is 35.1 Å². The summed E-state index contributed by atoms with van der Waals surface area (Å²) in [6, 6.07) is 9.98. The molecule has 3 heterocycles. The third-order valence-corrected chi connectivity index (χ3v) is 6.27. The van der Waals surface area contributed by atoms with Crippen molar-refractivity contribution in [3.8, 4) is 0 Å². The lowest BCUT2D eigenvalue weighted by molar-refractivity contribution is -0.113. The van der Waals surface area contributed by atoms with Gasteiger partial charge in [-0.1, -0.05) is 30.3 Å². The number of carbonyl (C=O) groups is 1. The number of hydrogen-bond acceptors (Lipinski definition) is 4. The van der Waals surface area contributed by atoms with Crippen molar-refractivity contribution in [2.45, 2.75) is 43.6 Å². The topological polar surface area (TPSA) is 76.1 Å². The average molecular weight is 373 g/mol. The Hall–Kier alpha value is -1.99. The number of amides is 1. The molecule has 2 atom stereocenters. The van der Waals surface area contributed by atoms with E-state index in [0.29, 0.717) is 23.7 Å². The first-order valence-corrected chi connectivity index (χ1v) is 9.94. The highest BCUT2D eigenvalue weighted by Gasteiger charge is 2.35. The maximum absolute atomic E-state index is 12.9. The minimum Gasteiger partial charge on any atom is -0.375 e. The van der Waals surface area contributed by atoms with Gasteiger partial charge in [-0.3, -0.25) is 19.4 Å². The Morgan fingerprint density at radius 1 is 1.23 bits per heavy atom. The van der Waals surface area contributed by atoms with Crippen molar-refractivity contribution < 1.29 is 9.53 Å². The number of thioether (sulfide) groups is 1. The molecule has 2 aromatic rings. The SMILES string of the molecule is CC1(C)C[C@H](n2[nH]c(=O)c3c2NC(=O)CS[C@H]3c2ccccc2)CCO1. The molecule has 0 spiro atoms. The third kappa shape index (κ3) is 3.21. The molecule has 0 radical (unpaired) electrons. The molecule has 0 saturated carbocycles. The highest BCUT2D eigenvalue weighted by atomic mass is 32.2. The number of rotatable bonds is 2. The van der Waals surface area contributed by atoms with Crippen molar-refractivity contribution in [3.05, 3.63) is 51.8 Å². The first-order chi connectivity index (χ1) is 12.4. The zero-order valence-corrected chi connectivity index (χ0v) is 15.8. The average Bonchev–Trinajstić information content (AvgIpc) is 2.81. The molecule has 0 unspecified atom stereocenters. The lowest BCUT2D eigenvalue weighted by Gasteiger charge is -2.36. The summed E-state index contributed by atoms with van der Waals surface area (Å²) in [6.07, 6.45) is 1.59. The van der Waals surface area contributed by atoms with Gasteiger partial charge in [-0.25, -0.2) is 0 Å². The monoisotopic (exact) mass is 373 g/mol. The minimum atomic E-state index is -0.251. The summed E-state index contributed by atoms with van der Waals surface area (Å²) in [5.41, 5.74) is 1.29. The molecule has 1 amide bonds. The summed E-state index contributed by atoms with van der Waals surface area (Å²) in [5, 5.41) is 5.79. The van der Waals surface area contributed by atoms with E-state index < -0.39 is 0 Å². The molecule has 1 aromatic carbocycles. The number of fused-ring (bicyclic) bond motifs is 1. The van der Waals surface area contributed by atoms with E-state index in [9.17, 15) is 9.59 Å². The standard InChI is InChI=1S/C19H23N3O3S/c1-19(2)10-13(8-9-25-19)22-17-15(18(24)21-22)16(26-11-14(23)20-17)12-6-4-3-5-7-12/h3-7,13,16H,8-11H2,1-2H3,(H,20,23)(H,21,24)/t13-,16+/m1/s1. The first kappa shape index (κ1) is 17.4. The lowest BCUT2D eigenvalue weighted by atomic mass is 9.94. The van der Waals surface area contributed by atoms with E-state index in [2.05, 4.69) is 24.3 Å². The molecule has 4 rings (SSSR count). The number of aromatic amines is 1. The van der Waals surface area contributed by atoms with Gasteiger partial charge in [0, 0.05) is 6.61 Å². The van der Waals surface area contributed by atoms with Crippen LogP contribution in [0.4, 0.5) is 5.82 Å². The van der Waals surface area contributed by atoms with Gasteiger partial charge in [0.2, 0.25) is 5.91 Å². The lowest BCUT2D eigenvalue weighted by Crippen LogP contribution is -2.36. The Labute approximate surface area is 156 Å². The Kier molecular flexibility index (Phi) is 4.44. The molecule has 1 aromatic heterocycles. The molecular weight excluding hydrogens is 350 g/mol. The van der Waals surface area contributed by atoms with Crippen LogP contribution < -0.4 is 10.9 Å². The van der Waals surface area contributed by atoms with Crippen LogP contribution in [-0.4, -0.2) is 33.6 Å². The van der Waals surface area contributed by atoms with Gasteiger partial charge >= 0.3 is 0 Å². The van der Waals surface area contributed by atoms with E-state index in [-0.39, 0.29) is 28.4 Å². The van der Waals surface area contributed by atoms with Gasteiger partial charge < -0.3 is 10.1 Å². The van der Waals surface area contributed by atoms with Crippen LogP contribution in [0, 0.1) is 0 Å². The van der Waals surface area contributed by atoms with Gasteiger partial charge in [0.15, 0.2) is 0 Å². The summed E-state index contributed by atoms with van der Waals surface area (Å²) >= 11 is 1.49. The number of nitrogens with one attached hydrogen (secondary N) is 2. The number of nitrogens with zero attached hydrogens (tertiary/aromatic N) is 1. The van der Waals surface area contributed by atoms with E-state index >= 15 is 0 Å². The van der Waals surface area contributed by atoms with Gasteiger partial charge in [-0.2, -0.15) is 0 Å². The molecule has 7 heteroatoms. The number of benzene rings is 1. The van der Waals surface area contributed by atoms with Crippen LogP contribution in [0.3, 0.4) is 0 Å². The Morgan fingerprint density at radius 3 is 2.73 bits per heavy atom. The normalized spacial score (nSPS) is 25.2. The maximum Gasteiger partial charge on any atom is 0.270 e. The fraction of sp³-hybridized carbons (Fsp3) is 0.474. The quantitative estimate of drug-likeness (QED) is 0.848. The zero-order chi connectivity index (χ0) is 18.3. The summed E-state index contributed by atoms with van der Waals surface area (Å²) < 4.78 is 7.67. The molecule has 0 bridgehead atoms. The van der Waals surface area contributed by atoms with E-state index in [1.807, 2.05) is 35.0 Å². The van der Waals surface area contributed by atoms with Crippen molar-refractivity contribution in [1.82, 2.24) is 9.78 Å². The number of H-pyrrole nitrogens is 1. The maximum atomic E-state index is 12.9. The molecule has 6 nitrogen and oxygen atoms in total. The molecule has 0 aliphatic carbocycles. The van der Waals surface area contributed by atoms with Gasteiger partial charge in [-0.05, 0) is 32.3 Å². The first-order valence-electron chi connectivity index (χ1n) is 8.89. The Morgan fingerprint density at radius 2 is 2.00 bits per heavy atom. The Balaban J connectivity index is 1.80. The van der Waals surface area contributed by atoms with Crippen LogP contribution in [0.5, 0.6) is 0 Å². The van der Waals surface area contributed by atoms with Crippen molar-refractivity contribution in [2.24, 2.45) is 0 Å². The van der Waals surface area contributed by atoms with E-state index in [0.717, 1.165) is 18.4 Å². The van der Waals surface area contributed by atoms with Crippen molar-refractivity contribution in [3.63, 3.8) is 0 Å². The molecule has 2 aliphatic heterocycles. The Bertz CT molecular complexity index is 872. The summed E-state index contributed by atoms with van der Waals surface area (Å²) in [4.78, 5) is 25.2. The summed E-state index contributed by atoms with van der Waals surface area (Å²) in [6.45, 7) is 4.75. The predicted molar refractivity (Wildman–Crippen MR) is 103 cm³/mol. The van der Waals surface area contributed by atoms with E-state index in [1.54, 1.807) is 0 Å². The van der Waals surface area contributed by atoms with Crippen LogP contribution >= 0.6 is 11.8 Å². The van der Waals surface area contributed by atoms with Crippen LogP contribution in [0.1, 0.15) is 49.1 Å². The van der Waals surface area contributed by atoms with Gasteiger partial charge in [0.05, 0.1) is 28.2 Å². The van der Waals surface area contributed by atoms with Crippen molar-refractivity contribution >= 4 is 23.5 Å². The van der Waals surface area contributed by atoms with Crippen LogP contribution in [-0.2, 0) is 9.53 Å². The molecule has 138 valence electrons. The molecule has 2 N–H and O–H groups in total. The zero-order valence-electron chi connectivity index (χ0n) is 15.0. The molecule has 1 saturated heterocycles.